The highest BCUT2D eigenvalue weighted by Gasteiger charge is 2.14. The summed E-state index contributed by atoms with van der Waals surface area (Å²) in [5, 5.41) is 8.08. The predicted octanol–water partition coefficient (Wildman–Crippen LogP) is 3.33. The quantitative estimate of drug-likeness (QED) is 0.917. The molecule has 0 saturated heterocycles. The van der Waals surface area contributed by atoms with E-state index in [0.29, 0.717) is 0 Å². The minimum Gasteiger partial charge on any atom is -0.497 e. The van der Waals surface area contributed by atoms with E-state index in [0.717, 1.165) is 24.4 Å². The van der Waals surface area contributed by atoms with Gasteiger partial charge in [-0.3, -0.25) is 0 Å². The molecule has 2 aromatic rings. The zero-order valence-electron chi connectivity index (χ0n) is 13.6. The van der Waals surface area contributed by atoms with Gasteiger partial charge in [-0.25, -0.2) is 4.68 Å². The summed E-state index contributed by atoms with van der Waals surface area (Å²) in [6, 6.07) is 7.99. The van der Waals surface area contributed by atoms with Gasteiger partial charge in [0, 0.05) is 29.4 Å². The number of nitrogens with one attached hydrogen (secondary N) is 1. The van der Waals surface area contributed by atoms with E-state index in [1.165, 1.54) is 11.3 Å². The fraction of sp³-hybridized carbons (Fsp3) is 0.471. The molecule has 1 aromatic heterocycles. The number of methoxy groups -OCH3 is 1. The molecule has 2 rings (SSSR count). The molecule has 0 aliphatic carbocycles. The highest BCUT2D eigenvalue weighted by atomic mass is 16.5. The highest BCUT2D eigenvalue weighted by Crippen LogP contribution is 2.20. The van der Waals surface area contributed by atoms with Crippen molar-refractivity contribution in [2.24, 2.45) is 0 Å². The molecule has 0 atom stereocenters. The van der Waals surface area contributed by atoms with Crippen LogP contribution in [0.1, 0.15) is 39.0 Å². The molecule has 0 aliphatic rings. The average molecular weight is 287 g/mol. The van der Waals surface area contributed by atoms with Gasteiger partial charge in [-0.1, -0.05) is 13.0 Å². The number of rotatable bonds is 5. The van der Waals surface area contributed by atoms with E-state index >= 15 is 0 Å². The molecule has 4 heteroatoms. The Morgan fingerprint density at radius 1 is 1.29 bits per heavy atom. The summed E-state index contributed by atoms with van der Waals surface area (Å²) in [5.41, 5.74) is 3.62. The summed E-state index contributed by atoms with van der Waals surface area (Å²) in [7, 11) is 1.68. The third kappa shape index (κ3) is 3.85. The van der Waals surface area contributed by atoms with Gasteiger partial charge < -0.3 is 10.1 Å². The first-order valence-corrected chi connectivity index (χ1v) is 7.40. The summed E-state index contributed by atoms with van der Waals surface area (Å²) in [5.74, 6) is 0.847. The van der Waals surface area contributed by atoms with Crippen molar-refractivity contribution in [3.8, 4) is 11.4 Å². The Balaban J connectivity index is 2.30. The summed E-state index contributed by atoms with van der Waals surface area (Å²) < 4.78 is 7.30. The number of hydrogen-bond donors (Lipinski definition) is 1. The Morgan fingerprint density at radius 2 is 2.05 bits per heavy atom. The lowest BCUT2D eigenvalue weighted by Gasteiger charge is -2.20. The molecule has 1 aromatic carbocycles. The maximum atomic E-state index is 5.30. The van der Waals surface area contributed by atoms with E-state index in [1.54, 1.807) is 7.11 Å². The molecule has 0 radical (unpaired) electrons. The van der Waals surface area contributed by atoms with E-state index in [-0.39, 0.29) is 5.54 Å². The monoisotopic (exact) mass is 287 g/mol. The van der Waals surface area contributed by atoms with Crippen LogP contribution < -0.4 is 10.1 Å². The van der Waals surface area contributed by atoms with E-state index in [9.17, 15) is 0 Å². The van der Waals surface area contributed by atoms with Crippen molar-refractivity contribution in [3.05, 3.63) is 41.7 Å². The number of aromatic nitrogens is 2. The molecular weight excluding hydrogens is 262 g/mol. The topological polar surface area (TPSA) is 39.1 Å². The van der Waals surface area contributed by atoms with Crippen molar-refractivity contribution in [2.45, 2.75) is 46.2 Å². The lowest BCUT2D eigenvalue weighted by Crippen LogP contribution is -2.35. The largest absolute Gasteiger partial charge is 0.497 e. The van der Waals surface area contributed by atoms with E-state index in [4.69, 9.17) is 4.74 Å². The van der Waals surface area contributed by atoms with Crippen LogP contribution in [0.2, 0.25) is 0 Å². The number of nitrogens with zero attached hydrogens (tertiary/aromatic N) is 2. The molecule has 0 saturated carbocycles. The van der Waals surface area contributed by atoms with Crippen LogP contribution in [0.4, 0.5) is 0 Å². The number of ether oxygens (including phenoxy) is 1. The van der Waals surface area contributed by atoms with Crippen molar-refractivity contribution in [1.82, 2.24) is 15.1 Å². The molecule has 0 spiro atoms. The zero-order valence-corrected chi connectivity index (χ0v) is 13.6. The van der Waals surface area contributed by atoms with Crippen LogP contribution in [-0.4, -0.2) is 22.4 Å². The van der Waals surface area contributed by atoms with Crippen LogP contribution in [-0.2, 0) is 13.0 Å². The van der Waals surface area contributed by atoms with Gasteiger partial charge >= 0.3 is 0 Å². The van der Waals surface area contributed by atoms with E-state index in [2.05, 4.69) is 44.2 Å². The lowest BCUT2D eigenvalue weighted by molar-refractivity contribution is 0.414. The first kappa shape index (κ1) is 15.6. The van der Waals surface area contributed by atoms with Gasteiger partial charge in [0.25, 0.3) is 0 Å². The van der Waals surface area contributed by atoms with Crippen LogP contribution in [0.3, 0.4) is 0 Å². The van der Waals surface area contributed by atoms with Crippen LogP contribution in [0.15, 0.2) is 30.5 Å². The van der Waals surface area contributed by atoms with Crippen LogP contribution in [0, 0.1) is 0 Å². The van der Waals surface area contributed by atoms with Crippen molar-refractivity contribution in [2.75, 3.05) is 7.11 Å². The van der Waals surface area contributed by atoms with Gasteiger partial charge in [0.1, 0.15) is 5.75 Å². The Kier molecular flexibility index (Phi) is 4.68. The van der Waals surface area contributed by atoms with Gasteiger partial charge in [0.15, 0.2) is 0 Å². The smallest absolute Gasteiger partial charge is 0.121 e. The van der Waals surface area contributed by atoms with Gasteiger partial charge in [-0.05, 0) is 39.3 Å². The van der Waals surface area contributed by atoms with E-state index in [1.807, 2.05) is 29.1 Å². The first-order chi connectivity index (χ1) is 9.94. The van der Waals surface area contributed by atoms with Crippen LogP contribution in [0.5, 0.6) is 5.75 Å². The maximum Gasteiger partial charge on any atom is 0.121 e. The second-order valence-corrected chi connectivity index (χ2v) is 6.19. The lowest BCUT2D eigenvalue weighted by atomic mass is 10.1. The highest BCUT2D eigenvalue weighted by molar-refractivity contribution is 5.41. The van der Waals surface area contributed by atoms with Gasteiger partial charge in [-0.2, -0.15) is 5.10 Å². The molecule has 1 heterocycles. The Bertz CT molecular complexity index is 596. The van der Waals surface area contributed by atoms with Crippen LogP contribution in [0.25, 0.3) is 5.69 Å². The summed E-state index contributed by atoms with van der Waals surface area (Å²) in [4.78, 5) is 0. The molecule has 0 amide bonds. The minimum atomic E-state index is 0.100. The Labute approximate surface area is 127 Å². The molecule has 21 heavy (non-hydrogen) atoms. The van der Waals surface area contributed by atoms with E-state index < -0.39 is 0 Å². The van der Waals surface area contributed by atoms with Crippen molar-refractivity contribution in [3.63, 3.8) is 0 Å². The normalized spacial score (nSPS) is 11.7. The Morgan fingerprint density at radius 3 is 2.67 bits per heavy atom. The van der Waals surface area contributed by atoms with Crippen molar-refractivity contribution < 1.29 is 4.74 Å². The summed E-state index contributed by atoms with van der Waals surface area (Å²) >= 11 is 0. The van der Waals surface area contributed by atoms with Gasteiger partial charge in [-0.15, -0.1) is 0 Å². The number of benzene rings is 1. The molecule has 114 valence electrons. The standard InChI is InChI=1S/C17H25N3O/c1-6-16-13(11-18-17(2,3)4)12-19-20(16)14-8-7-9-15(10-14)21-5/h7-10,12,18H,6,11H2,1-5H3. The Hall–Kier alpha value is -1.81. The average Bonchev–Trinajstić information content (AvgIpc) is 2.87. The predicted molar refractivity (Wildman–Crippen MR) is 86.1 cm³/mol. The van der Waals surface area contributed by atoms with Gasteiger partial charge in [0.2, 0.25) is 0 Å². The first-order valence-electron chi connectivity index (χ1n) is 7.40. The molecule has 1 N–H and O–H groups in total. The molecule has 0 aliphatic heterocycles. The molecule has 0 fully saturated rings. The molecule has 4 nitrogen and oxygen atoms in total. The second-order valence-electron chi connectivity index (χ2n) is 6.19. The molecule has 0 bridgehead atoms. The zero-order chi connectivity index (χ0) is 15.5. The molecule has 0 unspecified atom stereocenters. The minimum absolute atomic E-state index is 0.100. The van der Waals surface area contributed by atoms with Crippen molar-refractivity contribution >= 4 is 0 Å². The van der Waals surface area contributed by atoms with Crippen molar-refractivity contribution in [1.29, 1.82) is 0 Å². The maximum absolute atomic E-state index is 5.30. The number of hydrogen-bond acceptors (Lipinski definition) is 3. The third-order valence-electron chi connectivity index (χ3n) is 3.40. The third-order valence-corrected chi connectivity index (χ3v) is 3.40. The van der Waals surface area contributed by atoms with Gasteiger partial charge in [0.05, 0.1) is 19.0 Å². The fourth-order valence-corrected chi connectivity index (χ4v) is 2.26. The fourth-order valence-electron chi connectivity index (χ4n) is 2.26. The van der Waals surface area contributed by atoms with Crippen LogP contribution >= 0.6 is 0 Å². The second kappa shape index (κ2) is 6.31. The SMILES string of the molecule is CCc1c(CNC(C)(C)C)cnn1-c1cccc(OC)c1. The summed E-state index contributed by atoms with van der Waals surface area (Å²) in [6.45, 7) is 9.51. The summed E-state index contributed by atoms with van der Waals surface area (Å²) in [6.07, 6.45) is 2.90. The molecular formula is C17H25N3O.